The van der Waals surface area contributed by atoms with Gasteiger partial charge in [-0.1, -0.05) is 29.8 Å². The van der Waals surface area contributed by atoms with E-state index in [0.717, 1.165) is 41.0 Å². The van der Waals surface area contributed by atoms with Crippen molar-refractivity contribution in [3.8, 4) is 11.5 Å². The minimum absolute atomic E-state index is 0.207. The first-order valence-electron chi connectivity index (χ1n) is 9.50. The fraction of sp³-hybridized carbons (Fsp3) is 0.409. The van der Waals surface area contributed by atoms with Crippen molar-refractivity contribution >= 4 is 5.91 Å². The Morgan fingerprint density at radius 2 is 1.89 bits per heavy atom. The lowest BCUT2D eigenvalue weighted by molar-refractivity contribution is -0.122. The van der Waals surface area contributed by atoms with Crippen molar-refractivity contribution in [2.24, 2.45) is 5.73 Å². The Kier molecular flexibility index (Phi) is 6.35. The molecular formula is C22H28N2O3. The summed E-state index contributed by atoms with van der Waals surface area (Å²) in [5, 5.41) is 2.93. The van der Waals surface area contributed by atoms with Crippen molar-refractivity contribution in [2.45, 2.75) is 51.3 Å². The monoisotopic (exact) mass is 368 g/mol. The van der Waals surface area contributed by atoms with Gasteiger partial charge in [-0.2, -0.15) is 0 Å². The van der Waals surface area contributed by atoms with Crippen molar-refractivity contribution in [1.82, 2.24) is 5.32 Å². The van der Waals surface area contributed by atoms with Gasteiger partial charge in [0.15, 0.2) is 0 Å². The van der Waals surface area contributed by atoms with E-state index in [9.17, 15) is 4.79 Å². The summed E-state index contributed by atoms with van der Waals surface area (Å²) in [7, 11) is 1.64. The van der Waals surface area contributed by atoms with E-state index in [1.807, 2.05) is 49.4 Å². The van der Waals surface area contributed by atoms with Gasteiger partial charge in [-0.05, 0) is 50.3 Å². The van der Waals surface area contributed by atoms with E-state index in [2.05, 4.69) is 5.32 Å². The molecule has 0 aliphatic heterocycles. The second-order valence-electron chi connectivity index (χ2n) is 7.10. The van der Waals surface area contributed by atoms with Crippen molar-refractivity contribution in [3.63, 3.8) is 0 Å². The maximum Gasteiger partial charge on any atom is 0.241 e. The van der Waals surface area contributed by atoms with Crippen LogP contribution in [0.3, 0.4) is 0 Å². The van der Waals surface area contributed by atoms with Crippen LogP contribution >= 0.6 is 0 Å². The standard InChI is InChI=1S/C22H28N2O3/c1-15-7-9-16(10-8-15)21(23)22(25)24-14-17-11-12-19(26-2)13-20(17)27-18-5-3-4-6-18/h7-13,18,21H,3-6,14,23H2,1-2H3,(H,24,25). The summed E-state index contributed by atoms with van der Waals surface area (Å²) < 4.78 is 11.5. The van der Waals surface area contributed by atoms with Crippen LogP contribution in [0, 0.1) is 6.92 Å². The Bertz CT molecular complexity index is 768. The molecule has 27 heavy (non-hydrogen) atoms. The third kappa shape index (κ3) is 5.01. The molecule has 0 radical (unpaired) electrons. The van der Waals surface area contributed by atoms with Crippen LogP contribution in [-0.2, 0) is 11.3 Å². The molecule has 5 heteroatoms. The van der Waals surface area contributed by atoms with Gasteiger partial charge in [-0.15, -0.1) is 0 Å². The van der Waals surface area contributed by atoms with Crippen LogP contribution in [0.4, 0.5) is 0 Å². The predicted molar refractivity (Wildman–Crippen MR) is 106 cm³/mol. The summed E-state index contributed by atoms with van der Waals surface area (Å²) in [5.41, 5.74) is 8.97. The summed E-state index contributed by atoms with van der Waals surface area (Å²) in [5.74, 6) is 1.31. The molecule has 0 bridgehead atoms. The average Bonchev–Trinajstić information content (AvgIpc) is 3.19. The molecule has 1 aliphatic carbocycles. The maximum absolute atomic E-state index is 12.5. The summed E-state index contributed by atoms with van der Waals surface area (Å²) in [4.78, 5) is 12.5. The lowest BCUT2D eigenvalue weighted by Crippen LogP contribution is -2.33. The molecule has 0 aromatic heterocycles. The molecule has 0 saturated heterocycles. The van der Waals surface area contributed by atoms with Crippen LogP contribution in [0.5, 0.6) is 11.5 Å². The quantitative estimate of drug-likeness (QED) is 0.782. The van der Waals surface area contributed by atoms with Crippen LogP contribution in [0.2, 0.25) is 0 Å². The molecule has 5 nitrogen and oxygen atoms in total. The highest BCUT2D eigenvalue weighted by Crippen LogP contribution is 2.30. The molecular weight excluding hydrogens is 340 g/mol. The highest BCUT2D eigenvalue weighted by atomic mass is 16.5. The molecule has 1 fully saturated rings. The van der Waals surface area contributed by atoms with Gasteiger partial charge in [0.05, 0.1) is 13.2 Å². The van der Waals surface area contributed by atoms with Crippen molar-refractivity contribution < 1.29 is 14.3 Å². The fourth-order valence-corrected chi connectivity index (χ4v) is 3.32. The Hall–Kier alpha value is -2.53. The van der Waals surface area contributed by atoms with E-state index in [0.29, 0.717) is 6.54 Å². The first-order chi connectivity index (χ1) is 13.1. The number of aryl methyl sites for hydroxylation is 1. The van der Waals surface area contributed by atoms with E-state index >= 15 is 0 Å². The highest BCUT2D eigenvalue weighted by molar-refractivity contribution is 5.83. The summed E-state index contributed by atoms with van der Waals surface area (Å²) in [6.45, 7) is 2.37. The Morgan fingerprint density at radius 1 is 1.19 bits per heavy atom. The number of rotatable bonds is 7. The highest BCUT2D eigenvalue weighted by Gasteiger charge is 2.20. The summed E-state index contributed by atoms with van der Waals surface area (Å²) in [6.07, 6.45) is 4.78. The third-order valence-electron chi connectivity index (χ3n) is 5.04. The number of carbonyl (C=O) groups excluding carboxylic acids is 1. The molecule has 1 saturated carbocycles. The van der Waals surface area contributed by atoms with Gasteiger partial charge in [-0.25, -0.2) is 0 Å². The number of nitrogens with one attached hydrogen (secondary N) is 1. The van der Waals surface area contributed by atoms with Gasteiger partial charge in [0.25, 0.3) is 0 Å². The second kappa shape index (κ2) is 8.91. The molecule has 2 aromatic rings. The topological polar surface area (TPSA) is 73.6 Å². The molecule has 2 aromatic carbocycles. The lowest BCUT2D eigenvalue weighted by Gasteiger charge is -2.19. The minimum atomic E-state index is -0.692. The maximum atomic E-state index is 12.5. The molecule has 3 rings (SSSR count). The van der Waals surface area contributed by atoms with Crippen molar-refractivity contribution in [3.05, 3.63) is 59.2 Å². The predicted octanol–water partition coefficient (Wildman–Crippen LogP) is 3.64. The van der Waals surface area contributed by atoms with E-state index in [1.54, 1.807) is 7.11 Å². The molecule has 144 valence electrons. The summed E-state index contributed by atoms with van der Waals surface area (Å²) >= 11 is 0. The number of nitrogens with two attached hydrogens (primary N) is 1. The zero-order chi connectivity index (χ0) is 19.2. The van der Waals surface area contributed by atoms with Crippen LogP contribution in [0.25, 0.3) is 0 Å². The number of hydrogen-bond acceptors (Lipinski definition) is 4. The lowest BCUT2D eigenvalue weighted by atomic mass is 10.1. The van der Waals surface area contributed by atoms with Crippen LogP contribution in [0.1, 0.15) is 48.4 Å². The zero-order valence-corrected chi connectivity index (χ0v) is 16.0. The van der Waals surface area contributed by atoms with Gasteiger partial charge in [0.1, 0.15) is 17.5 Å². The van der Waals surface area contributed by atoms with Crippen LogP contribution < -0.4 is 20.5 Å². The van der Waals surface area contributed by atoms with Gasteiger partial charge in [0, 0.05) is 18.2 Å². The van der Waals surface area contributed by atoms with Gasteiger partial charge >= 0.3 is 0 Å². The molecule has 0 heterocycles. The number of methoxy groups -OCH3 is 1. The smallest absolute Gasteiger partial charge is 0.241 e. The van der Waals surface area contributed by atoms with Crippen molar-refractivity contribution in [1.29, 1.82) is 0 Å². The van der Waals surface area contributed by atoms with E-state index in [-0.39, 0.29) is 12.0 Å². The Balaban J connectivity index is 1.66. The first-order valence-corrected chi connectivity index (χ1v) is 9.50. The van der Waals surface area contributed by atoms with Crippen molar-refractivity contribution in [2.75, 3.05) is 7.11 Å². The number of hydrogen-bond donors (Lipinski definition) is 2. The largest absolute Gasteiger partial charge is 0.497 e. The third-order valence-corrected chi connectivity index (χ3v) is 5.04. The molecule has 3 N–H and O–H groups in total. The second-order valence-corrected chi connectivity index (χ2v) is 7.10. The minimum Gasteiger partial charge on any atom is -0.497 e. The number of ether oxygens (including phenoxy) is 2. The number of benzene rings is 2. The fourth-order valence-electron chi connectivity index (χ4n) is 3.32. The van der Waals surface area contributed by atoms with Crippen LogP contribution in [0.15, 0.2) is 42.5 Å². The molecule has 1 atom stereocenters. The van der Waals surface area contributed by atoms with E-state index in [4.69, 9.17) is 15.2 Å². The van der Waals surface area contributed by atoms with Crippen LogP contribution in [-0.4, -0.2) is 19.1 Å². The van der Waals surface area contributed by atoms with Gasteiger partial charge < -0.3 is 20.5 Å². The molecule has 1 amide bonds. The van der Waals surface area contributed by atoms with Gasteiger partial charge in [0.2, 0.25) is 5.91 Å². The Labute approximate surface area is 160 Å². The van der Waals surface area contributed by atoms with Gasteiger partial charge in [-0.3, -0.25) is 4.79 Å². The van der Waals surface area contributed by atoms with E-state index < -0.39 is 6.04 Å². The Morgan fingerprint density at radius 3 is 2.56 bits per heavy atom. The number of amides is 1. The molecule has 1 unspecified atom stereocenters. The average molecular weight is 368 g/mol. The first kappa shape index (κ1) is 19.2. The molecule has 1 aliphatic rings. The SMILES string of the molecule is COc1ccc(CNC(=O)C(N)c2ccc(C)cc2)c(OC2CCCC2)c1. The molecule has 0 spiro atoms. The summed E-state index contributed by atoms with van der Waals surface area (Å²) in [6, 6.07) is 12.7. The normalized spacial score (nSPS) is 15.4. The number of carbonyl (C=O) groups is 1. The zero-order valence-electron chi connectivity index (χ0n) is 16.0. The van der Waals surface area contributed by atoms with E-state index in [1.165, 1.54) is 12.8 Å².